The molecule has 1 aliphatic heterocycles. The van der Waals surface area contributed by atoms with Crippen molar-refractivity contribution in [2.75, 3.05) is 0 Å². The van der Waals surface area contributed by atoms with Crippen molar-refractivity contribution >= 4 is 17.5 Å². The van der Waals surface area contributed by atoms with Crippen LogP contribution in [0.15, 0.2) is 22.7 Å². The first kappa shape index (κ1) is 13.9. The first-order valence-corrected chi connectivity index (χ1v) is 6.47. The Bertz CT molecular complexity index is 797. The molecule has 1 aromatic carbocycles. The minimum absolute atomic E-state index is 0.00873. The van der Waals surface area contributed by atoms with Crippen LogP contribution in [-0.2, 0) is 13.0 Å². The monoisotopic (exact) mass is 302 g/mol. The molecule has 0 saturated carbocycles. The number of benzene rings is 1. The highest BCUT2D eigenvalue weighted by atomic mass is 16.6. The maximum atomic E-state index is 12.3. The minimum Gasteiger partial charge on any atom is -0.337 e. The molecule has 9 heteroatoms. The predicted molar refractivity (Wildman–Crippen MR) is 71.0 cm³/mol. The summed E-state index contributed by atoms with van der Waals surface area (Å²) in [6.07, 6.45) is 0.567. The SMILES string of the molecule is CCc1noc(CN2C(=O)c3ccc([N+](=O)[O-])cc3C2=O)n1. The van der Waals surface area contributed by atoms with Crippen LogP contribution in [0.25, 0.3) is 0 Å². The van der Waals surface area contributed by atoms with Crippen molar-refractivity contribution < 1.29 is 19.0 Å². The number of rotatable bonds is 4. The lowest BCUT2D eigenvalue weighted by Gasteiger charge is -2.09. The molecule has 0 unspecified atom stereocenters. The molecular weight excluding hydrogens is 292 g/mol. The topological polar surface area (TPSA) is 119 Å². The number of fused-ring (bicyclic) bond motifs is 1. The first-order chi connectivity index (χ1) is 10.5. The van der Waals surface area contributed by atoms with Gasteiger partial charge in [0.15, 0.2) is 5.82 Å². The van der Waals surface area contributed by atoms with Gasteiger partial charge in [-0.1, -0.05) is 12.1 Å². The molecule has 0 fully saturated rings. The third-order valence-electron chi connectivity index (χ3n) is 3.28. The highest BCUT2D eigenvalue weighted by molar-refractivity contribution is 6.21. The van der Waals surface area contributed by atoms with E-state index in [0.29, 0.717) is 12.2 Å². The number of aromatic nitrogens is 2. The van der Waals surface area contributed by atoms with E-state index in [4.69, 9.17) is 4.52 Å². The summed E-state index contributed by atoms with van der Waals surface area (Å²) in [7, 11) is 0. The summed E-state index contributed by atoms with van der Waals surface area (Å²) in [6.45, 7) is 1.68. The maximum Gasteiger partial charge on any atom is 0.270 e. The van der Waals surface area contributed by atoms with Crippen LogP contribution in [0, 0.1) is 10.1 Å². The van der Waals surface area contributed by atoms with Crippen LogP contribution in [-0.4, -0.2) is 31.8 Å². The van der Waals surface area contributed by atoms with Crippen molar-refractivity contribution in [3.8, 4) is 0 Å². The van der Waals surface area contributed by atoms with Gasteiger partial charge < -0.3 is 4.52 Å². The van der Waals surface area contributed by atoms with Gasteiger partial charge in [-0.15, -0.1) is 0 Å². The van der Waals surface area contributed by atoms with E-state index in [-0.39, 0.29) is 29.2 Å². The van der Waals surface area contributed by atoms with Gasteiger partial charge >= 0.3 is 0 Å². The number of carbonyl (C=O) groups is 2. The van der Waals surface area contributed by atoms with Gasteiger partial charge in [-0.3, -0.25) is 24.6 Å². The quantitative estimate of drug-likeness (QED) is 0.474. The number of non-ortho nitro benzene ring substituents is 1. The molecule has 0 atom stereocenters. The van der Waals surface area contributed by atoms with Gasteiger partial charge in [-0.25, -0.2) is 0 Å². The Morgan fingerprint density at radius 3 is 2.64 bits per heavy atom. The Balaban J connectivity index is 1.90. The number of nitro benzene ring substituents is 1. The van der Waals surface area contributed by atoms with Crippen LogP contribution >= 0.6 is 0 Å². The van der Waals surface area contributed by atoms with Gasteiger partial charge in [0.25, 0.3) is 17.5 Å². The van der Waals surface area contributed by atoms with Gasteiger partial charge in [0.1, 0.15) is 6.54 Å². The molecule has 0 saturated heterocycles. The molecule has 0 aliphatic carbocycles. The summed E-state index contributed by atoms with van der Waals surface area (Å²) in [4.78, 5) is 39.6. The largest absolute Gasteiger partial charge is 0.337 e. The molecule has 1 aliphatic rings. The molecule has 2 amide bonds. The van der Waals surface area contributed by atoms with Crippen LogP contribution in [0.5, 0.6) is 0 Å². The normalized spacial score (nSPS) is 13.6. The molecule has 2 heterocycles. The van der Waals surface area contributed by atoms with Crippen LogP contribution in [0.3, 0.4) is 0 Å². The average Bonchev–Trinajstić information content (AvgIpc) is 3.06. The minimum atomic E-state index is -0.619. The molecule has 0 N–H and O–H groups in total. The standard InChI is InChI=1S/C13H10N4O5/c1-2-10-14-11(22-15-10)6-16-12(18)8-4-3-7(17(20)21)5-9(8)13(16)19/h3-5H,2,6H2,1H3. The summed E-state index contributed by atoms with van der Waals surface area (Å²) in [6, 6.07) is 3.56. The second-order valence-corrected chi connectivity index (χ2v) is 4.64. The van der Waals surface area contributed by atoms with Gasteiger partial charge in [0, 0.05) is 18.6 Å². The summed E-state index contributed by atoms with van der Waals surface area (Å²) in [5.74, 6) is -0.533. The number of hydrogen-bond donors (Lipinski definition) is 0. The van der Waals surface area contributed by atoms with E-state index in [1.807, 2.05) is 6.92 Å². The predicted octanol–water partition coefficient (Wildman–Crippen LogP) is 1.34. The zero-order valence-electron chi connectivity index (χ0n) is 11.5. The fraction of sp³-hybridized carbons (Fsp3) is 0.231. The zero-order chi connectivity index (χ0) is 15.9. The number of amides is 2. The van der Waals surface area contributed by atoms with E-state index >= 15 is 0 Å². The zero-order valence-corrected chi connectivity index (χ0v) is 11.5. The first-order valence-electron chi connectivity index (χ1n) is 6.47. The van der Waals surface area contributed by atoms with Crippen molar-refractivity contribution in [3.63, 3.8) is 0 Å². The molecule has 1 aromatic heterocycles. The fourth-order valence-electron chi connectivity index (χ4n) is 2.17. The molecule has 9 nitrogen and oxygen atoms in total. The van der Waals surface area contributed by atoms with E-state index in [1.165, 1.54) is 12.1 Å². The molecule has 112 valence electrons. The highest BCUT2D eigenvalue weighted by Gasteiger charge is 2.37. The second kappa shape index (κ2) is 5.02. The Labute approximate surface area is 123 Å². The van der Waals surface area contributed by atoms with Crippen LogP contribution in [0.1, 0.15) is 39.4 Å². The summed E-state index contributed by atoms with van der Waals surface area (Å²) in [5, 5.41) is 14.4. The number of imide groups is 1. The molecule has 3 rings (SSSR count). The van der Waals surface area contributed by atoms with Crippen molar-refractivity contribution in [1.82, 2.24) is 15.0 Å². The van der Waals surface area contributed by atoms with Crippen LogP contribution < -0.4 is 0 Å². The lowest BCUT2D eigenvalue weighted by Crippen LogP contribution is -2.29. The number of aryl methyl sites for hydroxylation is 1. The number of hydrogen-bond acceptors (Lipinski definition) is 7. The number of nitrogens with zero attached hydrogens (tertiary/aromatic N) is 4. The van der Waals surface area contributed by atoms with Crippen molar-refractivity contribution in [2.45, 2.75) is 19.9 Å². The summed E-state index contributed by atoms with van der Waals surface area (Å²) >= 11 is 0. The Hall–Kier alpha value is -3.10. The fourth-order valence-corrected chi connectivity index (χ4v) is 2.17. The van der Waals surface area contributed by atoms with Crippen molar-refractivity contribution in [3.05, 3.63) is 51.2 Å². The average molecular weight is 302 g/mol. The molecule has 0 spiro atoms. The second-order valence-electron chi connectivity index (χ2n) is 4.64. The van der Waals surface area contributed by atoms with E-state index in [9.17, 15) is 19.7 Å². The Morgan fingerprint density at radius 1 is 1.27 bits per heavy atom. The molecule has 2 aromatic rings. The third-order valence-corrected chi connectivity index (χ3v) is 3.28. The Kier molecular flexibility index (Phi) is 3.17. The van der Waals surface area contributed by atoms with Gasteiger partial charge in [0.2, 0.25) is 5.89 Å². The van der Waals surface area contributed by atoms with Crippen molar-refractivity contribution in [1.29, 1.82) is 0 Å². The summed E-state index contributed by atoms with van der Waals surface area (Å²) < 4.78 is 4.96. The number of carbonyl (C=O) groups excluding carboxylic acids is 2. The molecular formula is C13H10N4O5. The summed E-state index contributed by atoms with van der Waals surface area (Å²) in [5.41, 5.74) is -0.104. The maximum absolute atomic E-state index is 12.3. The smallest absolute Gasteiger partial charge is 0.270 e. The lowest BCUT2D eigenvalue weighted by atomic mass is 10.1. The van der Waals surface area contributed by atoms with E-state index < -0.39 is 16.7 Å². The van der Waals surface area contributed by atoms with Crippen molar-refractivity contribution in [2.24, 2.45) is 0 Å². The third kappa shape index (κ3) is 2.12. The van der Waals surface area contributed by atoms with E-state index in [2.05, 4.69) is 10.1 Å². The van der Waals surface area contributed by atoms with Gasteiger partial charge in [0.05, 0.1) is 16.1 Å². The lowest BCUT2D eigenvalue weighted by molar-refractivity contribution is -0.384. The van der Waals surface area contributed by atoms with Crippen LogP contribution in [0.2, 0.25) is 0 Å². The number of nitro groups is 1. The van der Waals surface area contributed by atoms with E-state index in [0.717, 1.165) is 11.0 Å². The molecule has 0 bridgehead atoms. The Morgan fingerprint density at radius 2 is 2.00 bits per heavy atom. The van der Waals surface area contributed by atoms with Gasteiger partial charge in [-0.05, 0) is 6.07 Å². The highest BCUT2D eigenvalue weighted by Crippen LogP contribution is 2.27. The molecule has 22 heavy (non-hydrogen) atoms. The van der Waals surface area contributed by atoms with Crippen LogP contribution in [0.4, 0.5) is 5.69 Å². The van der Waals surface area contributed by atoms with Gasteiger partial charge in [-0.2, -0.15) is 4.98 Å². The molecule has 0 radical (unpaired) electrons. The van der Waals surface area contributed by atoms with E-state index in [1.54, 1.807) is 0 Å².